The van der Waals surface area contributed by atoms with Crippen molar-refractivity contribution < 1.29 is 17.9 Å². The standard InChI is InChI=1S/C15H15ClN2O4S/c1-18(2)23(20,21)13-5-3-4-12(8-13)15(19)22-10-11-6-7-14(16)17-9-11/h3-9H,10H2,1-2H3. The molecule has 0 N–H and O–H groups in total. The van der Waals surface area contributed by atoms with Gasteiger partial charge in [-0.05, 0) is 24.3 Å². The SMILES string of the molecule is CN(C)S(=O)(=O)c1cccc(C(=O)OCc2ccc(Cl)nc2)c1. The number of aromatic nitrogens is 1. The molecule has 1 aromatic carbocycles. The number of esters is 1. The van der Waals surface area contributed by atoms with E-state index in [-0.39, 0.29) is 17.1 Å². The van der Waals surface area contributed by atoms with Crippen LogP contribution >= 0.6 is 11.6 Å². The van der Waals surface area contributed by atoms with Gasteiger partial charge in [0.15, 0.2) is 0 Å². The van der Waals surface area contributed by atoms with Crippen molar-refractivity contribution in [1.29, 1.82) is 0 Å². The van der Waals surface area contributed by atoms with Gasteiger partial charge >= 0.3 is 5.97 Å². The lowest BCUT2D eigenvalue weighted by Crippen LogP contribution is -2.22. The molecule has 0 fully saturated rings. The van der Waals surface area contributed by atoms with Gasteiger partial charge in [-0.2, -0.15) is 0 Å². The molecule has 0 unspecified atom stereocenters. The molecule has 23 heavy (non-hydrogen) atoms. The molecule has 0 atom stereocenters. The summed E-state index contributed by atoms with van der Waals surface area (Å²) in [6.07, 6.45) is 1.50. The van der Waals surface area contributed by atoms with E-state index in [4.69, 9.17) is 16.3 Å². The second kappa shape index (κ2) is 7.08. The van der Waals surface area contributed by atoms with E-state index in [1.165, 1.54) is 44.6 Å². The average molecular weight is 355 g/mol. The van der Waals surface area contributed by atoms with Gasteiger partial charge in [0, 0.05) is 25.9 Å². The number of hydrogen-bond acceptors (Lipinski definition) is 5. The summed E-state index contributed by atoms with van der Waals surface area (Å²) in [5.74, 6) is -0.615. The zero-order valence-corrected chi connectivity index (χ0v) is 14.1. The van der Waals surface area contributed by atoms with E-state index in [2.05, 4.69) is 4.98 Å². The van der Waals surface area contributed by atoms with E-state index in [9.17, 15) is 13.2 Å². The minimum atomic E-state index is -3.60. The summed E-state index contributed by atoms with van der Waals surface area (Å²) in [7, 11) is -0.755. The highest BCUT2D eigenvalue weighted by molar-refractivity contribution is 7.89. The topological polar surface area (TPSA) is 76.6 Å². The van der Waals surface area contributed by atoms with Crippen LogP contribution in [0.4, 0.5) is 0 Å². The van der Waals surface area contributed by atoms with Crippen molar-refractivity contribution >= 4 is 27.6 Å². The first-order chi connectivity index (χ1) is 10.8. The van der Waals surface area contributed by atoms with E-state index in [1.807, 2.05) is 0 Å². The van der Waals surface area contributed by atoms with Crippen molar-refractivity contribution in [2.45, 2.75) is 11.5 Å². The van der Waals surface area contributed by atoms with Crippen LogP contribution in [0.3, 0.4) is 0 Å². The van der Waals surface area contributed by atoms with Crippen LogP contribution in [-0.2, 0) is 21.4 Å². The summed E-state index contributed by atoms with van der Waals surface area (Å²) >= 11 is 5.68. The summed E-state index contributed by atoms with van der Waals surface area (Å²) in [5.41, 5.74) is 0.842. The first-order valence-electron chi connectivity index (χ1n) is 6.61. The van der Waals surface area contributed by atoms with E-state index in [0.717, 1.165) is 4.31 Å². The fourth-order valence-electron chi connectivity index (χ4n) is 1.72. The van der Waals surface area contributed by atoms with Crippen LogP contribution in [0.1, 0.15) is 15.9 Å². The molecule has 2 rings (SSSR count). The second-order valence-electron chi connectivity index (χ2n) is 4.88. The predicted molar refractivity (Wildman–Crippen MR) is 85.7 cm³/mol. The minimum absolute atomic E-state index is 0.0215. The number of sulfonamides is 1. The van der Waals surface area contributed by atoms with E-state index in [0.29, 0.717) is 10.7 Å². The van der Waals surface area contributed by atoms with Gasteiger partial charge in [-0.1, -0.05) is 23.7 Å². The third-order valence-electron chi connectivity index (χ3n) is 3.01. The van der Waals surface area contributed by atoms with Crippen molar-refractivity contribution in [2.75, 3.05) is 14.1 Å². The fourth-order valence-corrected chi connectivity index (χ4v) is 2.78. The van der Waals surface area contributed by atoms with Crippen molar-refractivity contribution in [2.24, 2.45) is 0 Å². The summed E-state index contributed by atoms with van der Waals surface area (Å²) in [6, 6.07) is 8.99. The predicted octanol–water partition coefficient (Wildman–Crippen LogP) is 2.34. The Balaban J connectivity index is 2.12. The Morgan fingerprint density at radius 2 is 2.00 bits per heavy atom. The number of hydrogen-bond donors (Lipinski definition) is 0. The molecule has 122 valence electrons. The maximum absolute atomic E-state index is 12.1. The van der Waals surface area contributed by atoms with E-state index < -0.39 is 16.0 Å². The zero-order valence-electron chi connectivity index (χ0n) is 12.6. The number of nitrogens with zero attached hydrogens (tertiary/aromatic N) is 2. The molecule has 8 heteroatoms. The van der Waals surface area contributed by atoms with Crippen LogP contribution < -0.4 is 0 Å². The third-order valence-corrected chi connectivity index (χ3v) is 5.04. The molecular formula is C15H15ClN2O4S. The average Bonchev–Trinajstić information content (AvgIpc) is 2.54. The first kappa shape index (κ1) is 17.4. The summed E-state index contributed by atoms with van der Waals surface area (Å²) in [4.78, 5) is 16.0. The number of benzene rings is 1. The maximum Gasteiger partial charge on any atom is 0.338 e. The van der Waals surface area contributed by atoms with Gasteiger partial charge in [0.25, 0.3) is 0 Å². The number of ether oxygens (including phenoxy) is 1. The first-order valence-corrected chi connectivity index (χ1v) is 8.42. The smallest absolute Gasteiger partial charge is 0.338 e. The highest BCUT2D eigenvalue weighted by Crippen LogP contribution is 2.16. The molecule has 1 heterocycles. The lowest BCUT2D eigenvalue weighted by Gasteiger charge is -2.12. The molecule has 2 aromatic rings. The molecule has 0 spiro atoms. The highest BCUT2D eigenvalue weighted by Gasteiger charge is 2.19. The number of rotatable bonds is 5. The lowest BCUT2D eigenvalue weighted by molar-refractivity contribution is 0.0472. The van der Waals surface area contributed by atoms with Gasteiger partial charge in [0.2, 0.25) is 10.0 Å². The number of halogens is 1. The molecule has 0 saturated carbocycles. The molecule has 0 bridgehead atoms. The molecule has 0 radical (unpaired) electrons. The van der Waals surface area contributed by atoms with Gasteiger partial charge in [0.05, 0.1) is 10.5 Å². The largest absolute Gasteiger partial charge is 0.457 e. The molecule has 0 amide bonds. The minimum Gasteiger partial charge on any atom is -0.457 e. The molecule has 0 aliphatic heterocycles. The molecule has 0 aliphatic carbocycles. The molecule has 6 nitrogen and oxygen atoms in total. The van der Waals surface area contributed by atoms with Crippen LogP contribution in [0.2, 0.25) is 5.15 Å². The number of pyridine rings is 1. The van der Waals surface area contributed by atoms with Crippen molar-refractivity contribution in [3.63, 3.8) is 0 Å². The molecule has 0 aliphatic rings. The second-order valence-corrected chi connectivity index (χ2v) is 7.42. The molecular weight excluding hydrogens is 340 g/mol. The highest BCUT2D eigenvalue weighted by atomic mass is 35.5. The summed E-state index contributed by atoms with van der Waals surface area (Å²) in [5, 5.41) is 0.349. The van der Waals surface area contributed by atoms with Gasteiger partial charge in [-0.3, -0.25) is 0 Å². The normalized spacial score (nSPS) is 11.5. The van der Waals surface area contributed by atoms with Crippen LogP contribution in [0.5, 0.6) is 0 Å². The Kier molecular flexibility index (Phi) is 5.35. The van der Waals surface area contributed by atoms with Gasteiger partial charge < -0.3 is 4.74 Å². The number of carbonyl (C=O) groups is 1. The zero-order chi connectivity index (χ0) is 17.0. The lowest BCUT2D eigenvalue weighted by atomic mass is 10.2. The Hall–Kier alpha value is -1.96. The molecule has 1 aromatic heterocycles. The Morgan fingerprint density at radius 1 is 1.26 bits per heavy atom. The quantitative estimate of drug-likeness (QED) is 0.608. The Labute approximate surface area is 139 Å². The van der Waals surface area contributed by atoms with Gasteiger partial charge in [-0.25, -0.2) is 22.5 Å². The Bertz CT molecular complexity index is 804. The van der Waals surface area contributed by atoms with Gasteiger partial charge in [-0.15, -0.1) is 0 Å². The fraction of sp³-hybridized carbons (Fsp3) is 0.200. The Morgan fingerprint density at radius 3 is 2.61 bits per heavy atom. The van der Waals surface area contributed by atoms with Crippen molar-refractivity contribution in [3.8, 4) is 0 Å². The van der Waals surface area contributed by atoms with Crippen molar-refractivity contribution in [1.82, 2.24) is 9.29 Å². The third kappa shape index (κ3) is 4.28. The maximum atomic E-state index is 12.1. The van der Waals surface area contributed by atoms with E-state index in [1.54, 1.807) is 12.1 Å². The summed E-state index contributed by atoms with van der Waals surface area (Å²) < 4.78 is 30.4. The summed E-state index contributed by atoms with van der Waals surface area (Å²) in [6.45, 7) is 0.0215. The monoisotopic (exact) mass is 354 g/mol. The van der Waals surface area contributed by atoms with Crippen LogP contribution in [0, 0.1) is 0 Å². The van der Waals surface area contributed by atoms with Crippen LogP contribution in [0.15, 0.2) is 47.5 Å². The number of carbonyl (C=O) groups excluding carboxylic acids is 1. The van der Waals surface area contributed by atoms with Crippen LogP contribution in [0.25, 0.3) is 0 Å². The molecule has 0 saturated heterocycles. The van der Waals surface area contributed by atoms with Crippen LogP contribution in [-0.4, -0.2) is 37.8 Å². The van der Waals surface area contributed by atoms with E-state index >= 15 is 0 Å². The van der Waals surface area contributed by atoms with Crippen molar-refractivity contribution in [3.05, 3.63) is 58.9 Å². The van der Waals surface area contributed by atoms with Gasteiger partial charge in [0.1, 0.15) is 11.8 Å².